The lowest BCUT2D eigenvalue weighted by Gasteiger charge is -2.29. The topological polar surface area (TPSA) is 66.5 Å². The molecule has 0 aliphatic heterocycles. The molecule has 0 unspecified atom stereocenters. The van der Waals surface area contributed by atoms with Gasteiger partial charge < -0.3 is 15.9 Å². The number of aliphatic hydroxyl groups excluding tert-OH is 2. The Labute approximate surface area is 73.6 Å². The van der Waals surface area contributed by atoms with Crippen molar-refractivity contribution in [1.82, 2.24) is 0 Å². The van der Waals surface area contributed by atoms with Crippen molar-refractivity contribution in [2.45, 2.75) is 44.2 Å². The van der Waals surface area contributed by atoms with Crippen LogP contribution in [0.3, 0.4) is 0 Å². The number of hydrogen-bond donors (Lipinski definition) is 3. The molecule has 12 heavy (non-hydrogen) atoms. The van der Waals surface area contributed by atoms with Crippen LogP contribution in [0.25, 0.3) is 0 Å². The van der Waals surface area contributed by atoms with Gasteiger partial charge in [-0.2, -0.15) is 0 Å². The van der Waals surface area contributed by atoms with Crippen LogP contribution in [0, 0.1) is 5.92 Å². The van der Waals surface area contributed by atoms with E-state index in [9.17, 15) is 5.11 Å². The van der Waals surface area contributed by atoms with Gasteiger partial charge in [0.2, 0.25) is 0 Å². The van der Waals surface area contributed by atoms with Crippen LogP contribution < -0.4 is 5.73 Å². The van der Waals surface area contributed by atoms with Crippen LogP contribution in [0.4, 0.5) is 0 Å². The highest BCUT2D eigenvalue weighted by Crippen LogP contribution is 2.27. The molecule has 72 valence electrons. The van der Waals surface area contributed by atoms with Gasteiger partial charge in [0.15, 0.2) is 0 Å². The van der Waals surface area contributed by atoms with E-state index in [-0.39, 0.29) is 6.61 Å². The summed E-state index contributed by atoms with van der Waals surface area (Å²) < 4.78 is 0. The molecular formula is C9H19NO2. The van der Waals surface area contributed by atoms with E-state index in [1.54, 1.807) is 0 Å². The molecule has 3 nitrogen and oxygen atoms in total. The van der Waals surface area contributed by atoms with Gasteiger partial charge in [-0.3, -0.25) is 0 Å². The normalized spacial score (nSPS) is 25.2. The van der Waals surface area contributed by atoms with Crippen LogP contribution in [0.15, 0.2) is 0 Å². The minimum absolute atomic E-state index is 0.113. The van der Waals surface area contributed by atoms with Crippen molar-refractivity contribution in [2.24, 2.45) is 11.7 Å². The van der Waals surface area contributed by atoms with Crippen molar-refractivity contribution < 1.29 is 10.2 Å². The SMILES string of the molecule is N[C@@H](CO)[C@@H](O)C1CCCCC1. The van der Waals surface area contributed by atoms with Crippen LogP contribution >= 0.6 is 0 Å². The van der Waals surface area contributed by atoms with Crippen LogP contribution in [0.1, 0.15) is 32.1 Å². The molecule has 0 heterocycles. The molecule has 0 radical (unpaired) electrons. The van der Waals surface area contributed by atoms with E-state index < -0.39 is 12.1 Å². The van der Waals surface area contributed by atoms with Crippen molar-refractivity contribution in [3.05, 3.63) is 0 Å². The first-order chi connectivity index (χ1) is 5.75. The van der Waals surface area contributed by atoms with Crippen LogP contribution in [0.2, 0.25) is 0 Å². The maximum absolute atomic E-state index is 9.66. The molecule has 0 aromatic heterocycles. The highest BCUT2D eigenvalue weighted by Gasteiger charge is 2.25. The monoisotopic (exact) mass is 173 g/mol. The van der Waals surface area contributed by atoms with E-state index >= 15 is 0 Å². The van der Waals surface area contributed by atoms with Gasteiger partial charge >= 0.3 is 0 Å². The fourth-order valence-electron chi connectivity index (χ4n) is 1.93. The van der Waals surface area contributed by atoms with Crippen molar-refractivity contribution in [3.8, 4) is 0 Å². The quantitative estimate of drug-likeness (QED) is 0.573. The summed E-state index contributed by atoms with van der Waals surface area (Å²) in [6.07, 6.45) is 5.29. The van der Waals surface area contributed by atoms with Gasteiger partial charge in [-0.05, 0) is 18.8 Å². The Bertz CT molecular complexity index is 124. The Morgan fingerprint density at radius 1 is 1.25 bits per heavy atom. The van der Waals surface area contributed by atoms with Gasteiger partial charge in [-0.1, -0.05) is 19.3 Å². The minimum atomic E-state index is -0.504. The average molecular weight is 173 g/mol. The molecule has 1 rings (SSSR count). The third kappa shape index (κ3) is 2.44. The van der Waals surface area contributed by atoms with E-state index in [1.807, 2.05) is 0 Å². The molecule has 4 N–H and O–H groups in total. The molecular weight excluding hydrogens is 154 g/mol. The van der Waals surface area contributed by atoms with Crippen molar-refractivity contribution in [2.75, 3.05) is 6.61 Å². The second-order valence-electron chi connectivity index (χ2n) is 3.74. The van der Waals surface area contributed by atoms with Gasteiger partial charge in [0.25, 0.3) is 0 Å². The van der Waals surface area contributed by atoms with Crippen LogP contribution in [0.5, 0.6) is 0 Å². The maximum atomic E-state index is 9.66. The summed E-state index contributed by atoms with van der Waals surface area (Å²) in [5, 5.41) is 18.4. The largest absolute Gasteiger partial charge is 0.395 e. The zero-order valence-corrected chi connectivity index (χ0v) is 7.45. The van der Waals surface area contributed by atoms with Gasteiger partial charge in [0, 0.05) is 0 Å². The standard InChI is InChI=1S/C9H19NO2/c10-8(6-11)9(12)7-4-2-1-3-5-7/h7-9,11-12H,1-6,10H2/t8-,9-/m0/s1. The molecule has 2 atom stereocenters. The summed E-state index contributed by atoms with van der Waals surface area (Å²) in [7, 11) is 0. The second-order valence-corrected chi connectivity index (χ2v) is 3.74. The first-order valence-electron chi connectivity index (χ1n) is 4.80. The van der Waals surface area contributed by atoms with Gasteiger partial charge in [-0.25, -0.2) is 0 Å². The molecule has 1 aliphatic carbocycles. The van der Waals surface area contributed by atoms with Crippen LogP contribution in [-0.2, 0) is 0 Å². The van der Waals surface area contributed by atoms with Gasteiger partial charge in [-0.15, -0.1) is 0 Å². The maximum Gasteiger partial charge on any atom is 0.0741 e. The highest BCUT2D eigenvalue weighted by molar-refractivity contribution is 4.80. The van der Waals surface area contributed by atoms with Gasteiger partial charge in [0.1, 0.15) is 0 Å². The Morgan fingerprint density at radius 2 is 1.83 bits per heavy atom. The summed E-state index contributed by atoms with van der Waals surface area (Å²) in [4.78, 5) is 0. The Hall–Kier alpha value is -0.120. The molecule has 0 aromatic rings. The summed E-state index contributed by atoms with van der Waals surface area (Å²) in [5.41, 5.74) is 5.55. The average Bonchev–Trinajstić information content (AvgIpc) is 2.17. The predicted octanol–water partition coefficient (Wildman–Crippen LogP) is 0.247. The minimum Gasteiger partial charge on any atom is -0.395 e. The van der Waals surface area contributed by atoms with E-state index in [4.69, 9.17) is 10.8 Å². The molecule has 1 saturated carbocycles. The van der Waals surface area contributed by atoms with Crippen molar-refractivity contribution in [1.29, 1.82) is 0 Å². The van der Waals surface area contributed by atoms with Crippen molar-refractivity contribution >= 4 is 0 Å². The fraction of sp³-hybridized carbons (Fsp3) is 1.00. The second kappa shape index (κ2) is 4.80. The molecule has 0 bridgehead atoms. The summed E-state index contributed by atoms with van der Waals surface area (Å²) in [5.74, 6) is 0.320. The lowest BCUT2D eigenvalue weighted by Crippen LogP contribution is -2.43. The highest BCUT2D eigenvalue weighted by atomic mass is 16.3. The van der Waals surface area contributed by atoms with Crippen LogP contribution in [-0.4, -0.2) is 29.0 Å². The third-order valence-corrected chi connectivity index (χ3v) is 2.78. The van der Waals surface area contributed by atoms with E-state index in [2.05, 4.69) is 0 Å². The molecule has 1 aliphatic rings. The fourth-order valence-corrected chi connectivity index (χ4v) is 1.93. The number of rotatable bonds is 3. The number of aliphatic hydroxyl groups is 2. The Kier molecular flexibility index (Phi) is 3.98. The molecule has 0 spiro atoms. The number of hydrogen-bond acceptors (Lipinski definition) is 3. The molecule has 0 aromatic carbocycles. The Balaban J connectivity index is 2.33. The summed E-state index contributed by atoms with van der Waals surface area (Å²) in [6.45, 7) is -0.113. The first-order valence-corrected chi connectivity index (χ1v) is 4.80. The smallest absolute Gasteiger partial charge is 0.0741 e. The van der Waals surface area contributed by atoms with E-state index in [0.29, 0.717) is 5.92 Å². The molecule has 1 fully saturated rings. The third-order valence-electron chi connectivity index (χ3n) is 2.78. The van der Waals surface area contributed by atoms with E-state index in [1.165, 1.54) is 19.3 Å². The number of nitrogens with two attached hydrogens (primary N) is 1. The predicted molar refractivity (Wildman–Crippen MR) is 47.6 cm³/mol. The first kappa shape index (κ1) is 9.96. The molecule has 0 amide bonds. The summed E-state index contributed by atoms with van der Waals surface area (Å²) >= 11 is 0. The molecule has 0 saturated heterocycles. The lowest BCUT2D eigenvalue weighted by molar-refractivity contribution is 0.0428. The van der Waals surface area contributed by atoms with Gasteiger partial charge in [0.05, 0.1) is 18.8 Å². The zero-order valence-electron chi connectivity index (χ0n) is 7.45. The Morgan fingerprint density at radius 3 is 2.33 bits per heavy atom. The van der Waals surface area contributed by atoms with E-state index in [0.717, 1.165) is 12.8 Å². The lowest BCUT2D eigenvalue weighted by atomic mass is 9.83. The van der Waals surface area contributed by atoms with Crippen molar-refractivity contribution in [3.63, 3.8) is 0 Å². The molecule has 3 heteroatoms. The zero-order chi connectivity index (χ0) is 8.97. The summed E-state index contributed by atoms with van der Waals surface area (Å²) in [6, 6.07) is -0.451.